The Morgan fingerprint density at radius 2 is 2.30 bits per heavy atom. The zero-order valence-corrected chi connectivity index (χ0v) is 16.0. The molecule has 0 aliphatic rings. The Kier molecular flexibility index (Phi) is 6.55. The molecule has 23 heavy (non-hydrogen) atoms. The van der Waals surface area contributed by atoms with Crippen LogP contribution in [0.2, 0.25) is 0 Å². The number of thiazole rings is 1. The molecule has 0 amide bonds. The fraction of sp³-hybridized carbons (Fsp3) is 0.214. The number of aromatic nitrogens is 1. The number of carbonyl (C=O) groups is 1. The van der Waals surface area contributed by atoms with Crippen molar-refractivity contribution in [2.24, 2.45) is 5.10 Å². The first-order chi connectivity index (χ1) is 11.0. The molecule has 122 valence electrons. The molecule has 0 atom stereocenters. The second-order valence-electron chi connectivity index (χ2n) is 4.32. The highest BCUT2D eigenvalue weighted by atomic mass is 79.9. The molecule has 6 nitrogen and oxygen atoms in total. The summed E-state index contributed by atoms with van der Waals surface area (Å²) >= 11 is 7.93. The first-order valence-electron chi connectivity index (χ1n) is 6.56. The maximum Gasteiger partial charge on any atom is 0.311 e. The Morgan fingerprint density at radius 3 is 3.04 bits per heavy atom. The van der Waals surface area contributed by atoms with E-state index in [1.165, 1.54) is 17.6 Å². The van der Waals surface area contributed by atoms with Crippen molar-refractivity contribution in [1.29, 1.82) is 0 Å². The monoisotopic (exact) mass is 461 g/mol. The van der Waals surface area contributed by atoms with Crippen molar-refractivity contribution in [1.82, 2.24) is 4.98 Å². The predicted molar refractivity (Wildman–Crippen MR) is 97.2 cm³/mol. The third kappa shape index (κ3) is 5.29. The molecule has 2 N–H and O–H groups in total. The summed E-state index contributed by atoms with van der Waals surface area (Å²) in [6, 6.07) is 3.47. The van der Waals surface area contributed by atoms with Gasteiger partial charge in [0.25, 0.3) is 0 Å². The van der Waals surface area contributed by atoms with Crippen molar-refractivity contribution < 1.29 is 14.6 Å². The summed E-state index contributed by atoms with van der Waals surface area (Å²) in [5.41, 5.74) is 3.94. The number of hydrogen-bond donors (Lipinski definition) is 2. The molecular weight excluding hydrogens is 450 g/mol. The van der Waals surface area contributed by atoms with Gasteiger partial charge in [-0.2, -0.15) is 5.10 Å². The summed E-state index contributed by atoms with van der Waals surface area (Å²) in [7, 11) is 0. The molecule has 2 rings (SSSR count). The van der Waals surface area contributed by atoms with Crippen LogP contribution in [0.15, 0.2) is 31.6 Å². The van der Waals surface area contributed by atoms with Crippen molar-refractivity contribution in [2.45, 2.75) is 13.3 Å². The van der Waals surface area contributed by atoms with Crippen molar-refractivity contribution in [3.8, 4) is 5.75 Å². The average Bonchev–Trinajstić information content (AvgIpc) is 2.91. The number of nitrogens with zero attached hydrogens (tertiary/aromatic N) is 2. The van der Waals surface area contributed by atoms with Gasteiger partial charge < -0.3 is 9.84 Å². The van der Waals surface area contributed by atoms with Crippen LogP contribution in [0.25, 0.3) is 0 Å². The average molecular weight is 463 g/mol. The summed E-state index contributed by atoms with van der Waals surface area (Å²) < 4.78 is 6.25. The van der Waals surface area contributed by atoms with Crippen LogP contribution < -0.4 is 5.43 Å². The summed E-state index contributed by atoms with van der Waals surface area (Å²) in [5, 5.41) is 16.3. The summed E-state index contributed by atoms with van der Waals surface area (Å²) in [5.74, 6) is -0.211. The molecule has 1 aromatic carbocycles. The van der Waals surface area contributed by atoms with Crippen molar-refractivity contribution in [3.05, 3.63) is 37.7 Å². The molecule has 2 aromatic rings. The summed E-state index contributed by atoms with van der Waals surface area (Å²) in [4.78, 5) is 15.6. The fourth-order valence-corrected chi connectivity index (χ4v) is 3.56. The number of aromatic hydroxyl groups is 1. The third-order valence-electron chi connectivity index (χ3n) is 2.60. The van der Waals surface area contributed by atoms with Crippen molar-refractivity contribution in [2.75, 3.05) is 12.0 Å². The molecule has 0 fully saturated rings. The molecule has 1 aromatic heterocycles. The van der Waals surface area contributed by atoms with Gasteiger partial charge in [0.1, 0.15) is 5.75 Å². The highest BCUT2D eigenvalue weighted by molar-refractivity contribution is 9.11. The number of ether oxygens (including phenoxy) is 1. The van der Waals surface area contributed by atoms with E-state index in [1.54, 1.807) is 24.4 Å². The standard InChI is InChI=1S/C14H13Br2N3O3S/c1-2-22-12(20)5-10-7-23-14(18-10)19-17-6-8-3-9(15)4-11(16)13(8)21/h3-4,6-7,21H,2,5H2,1H3,(H,18,19). The van der Waals surface area contributed by atoms with Gasteiger partial charge in [0.05, 0.1) is 29.4 Å². The maximum absolute atomic E-state index is 11.4. The van der Waals surface area contributed by atoms with Crippen LogP contribution in [-0.2, 0) is 16.0 Å². The van der Waals surface area contributed by atoms with Gasteiger partial charge in [-0.1, -0.05) is 15.9 Å². The number of carbonyl (C=O) groups excluding carboxylic acids is 1. The molecule has 9 heteroatoms. The molecule has 0 bridgehead atoms. The smallest absolute Gasteiger partial charge is 0.311 e. The second-order valence-corrected chi connectivity index (χ2v) is 6.95. The Bertz CT molecular complexity index is 734. The van der Waals surface area contributed by atoms with E-state index in [2.05, 4.69) is 47.4 Å². The number of phenolic OH excluding ortho intramolecular Hbond substituents is 1. The van der Waals surface area contributed by atoms with Gasteiger partial charge in [-0.25, -0.2) is 4.98 Å². The third-order valence-corrected chi connectivity index (χ3v) is 4.46. The topological polar surface area (TPSA) is 83.8 Å². The molecule has 0 radical (unpaired) electrons. The van der Waals surface area contributed by atoms with Gasteiger partial charge in [-0.15, -0.1) is 11.3 Å². The van der Waals surface area contributed by atoms with Crippen LogP contribution in [0.4, 0.5) is 5.13 Å². The van der Waals surface area contributed by atoms with Gasteiger partial charge in [-0.3, -0.25) is 10.2 Å². The Hall–Kier alpha value is -1.45. The first-order valence-corrected chi connectivity index (χ1v) is 9.03. The molecule has 0 spiro atoms. The van der Waals surface area contributed by atoms with E-state index in [0.29, 0.717) is 27.5 Å². The van der Waals surface area contributed by atoms with Crippen LogP contribution >= 0.6 is 43.2 Å². The number of hydrogen-bond acceptors (Lipinski definition) is 7. The molecular formula is C14H13Br2N3O3S. The number of anilines is 1. The second kappa shape index (κ2) is 8.42. The Labute approximate surface area is 153 Å². The van der Waals surface area contributed by atoms with Gasteiger partial charge in [0.2, 0.25) is 5.13 Å². The highest BCUT2D eigenvalue weighted by Gasteiger charge is 2.08. The Balaban J connectivity index is 1.99. The predicted octanol–water partition coefficient (Wildman–Crippen LogP) is 3.93. The maximum atomic E-state index is 11.4. The van der Waals surface area contributed by atoms with Crippen molar-refractivity contribution >= 4 is 60.5 Å². The molecule has 0 aliphatic carbocycles. The minimum absolute atomic E-state index is 0.0980. The van der Waals surface area contributed by atoms with Crippen LogP contribution in [0, 0.1) is 0 Å². The van der Waals surface area contributed by atoms with E-state index in [9.17, 15) is 9.90 Å². The molecule has 0 saturated heterocycles. The lowest BCUT2D eigenvalue weighted by Crippen LogP contribution is -2.07. The number of halogens is 2. The van der Waals surface area contributed by atoms with Crippen LogP contribution in [-0.4, -0.2) is 28.9 Å². The first kappa shape index (κ1) is 17.9. The largest absolute Gasteiger partial charge is 0.506 e. The number of phenols is 1. The van der Waals surface area contributed by atoms with E-state index in [-0.39, 0.29) is 18.1 Å². The zero-order valence-electron chi connectivity index (χ0n) is 12.0. The molecule has 0 aliphatic heterocycles. The number of esters is 1. The van der Waals surface area contributed by atoms with Crippen molar-refractivity contribution in [3.63, 3.8) is 0 Å². The fourth-order valence-electron chi connectivity index (χ4n) is 1.64. The quantitative estimate of drug-likeness (QED) is 0.386. The summed E-state index contributed by atoms with van der Waals surface area (Å²) in [6.07, 6.45) is 1.62. The molecule has 0 saturated carbocycles. The lowest BCUT2D eigenvalue weighted by Gasteiger charge is -2.02. The van der Waals surface area contributed by atoms with E-state index in [4.69, 9.17) is 4.74 Å². The number of nitrogens with one attached hydrogen (secondary N) is 1. The van der Waals surface area contributed by atoms with E-state index >= 15 is 0 Å². The van der Waals surface area contributed by atoms with E-state index < -0.39 is 0 Å². The highest BCUT2D eigenvalue weighted by Crippen LogP contribution is 2.30. The lowest BCUT2D eigenvalue weighted by molar-refractivity contribution is -0.142. The lowest BCUT2D eigenvalue weighted by atomic mass is 10.2. The van der Waals surface area contributed by atoms with Gasteiger partial charge >= 0.3 is 5.97 Å². The minimum atomic E-state index is -0.309. The van der Waals surface area contributed by atoms with E-state index in [0.717, 1.165) is 4.47 Å². The van der Waals surface area contributed by atoms with Gasteiger partial charge in [0.15, 0.2) is 0 Å². The number of benzene rings is 1. The number of rotatable bonds is 6. The molecule has 1 heterocycles. The van der Waals surface area contributed by atoms with E-state index in [1.807, 2.05) is 0 Å². The van der Waals surface area contributed by atoms with Crippen LogP contribution in [0.5, 0.6) is 5.75 Å². The van der Waals surface area contributed by atoms with Crippen LogP contribution in [0.1, 0.15) is 18.2 Å². The number of hydrazone groups is 1. The SMILES string of the molecule is CCOC(=O)Cc1csc(NN=Cc2cc(Br)cc(Br)c2O)n1. The van der Waals surface area contributed by atoms with Gasteiger partial charge in [-0.05, 0) is 35.0 Å². The van der Waals surface area contributed by atoms with Crippen LogP contribution in [0.3, 0.4) is 0 Å². The molecule has 0 unspecified atom stereocenters. The zero-order chi connectivity index (χ0) is 16.8. The van der Waals surface area contributed by atoms with Gasteiger partial charge in [0, 0.05) is 15.4 Å². The summed E-state index contributed by atoms with van der Waals surface area (Å²) in [6.45, 7) is 2.11. The minimum Gasteiger partial charge on any atom is -0.506 e. The normalized spacial score (nSPS) is 10.9. The Morgan fingerprint density at radius 1 is 1.52 bits per heavy atom.